The first-order valence-electron chi connectivity index (χ1n) is 7.36. The molecule has 1 aromatic heterocycles. The van der Waals surface area contributed by atoms with Gasteiger partial charge in [-0.2, -0.15) is 5.26 Å². The summed E-state index contributed by atoms with van der Waals surface area (Å²) < 4.78 is 19.4. The van der Waals surface area contributed by atoms with Crippen molar-refractivity contribution in [1.29, 1.82) is 5.26 Å². The fourth-order valence-corrected chi connectivity index (χ4v) is 2.75. The Kier molecular flexibility index (Phi) is 5.26. The standard InChI is InChI=1S/C19H12BrFN2O2/c20-18-9-15(21)5-7-17(18)19-8-6-16(25-19)11-23-24-12-14-4-2-1-3-13(14)10-22/h1-9,11H,12H2/b23-11-. The van der Waals surface area contributed by atoms with Gasteiger partial charge >= 0.3 is 0 Å². The molecule has 0 bridgehead atoms. The first-order valence-corrected chi connectivity index (χ1v) is 8.15. The predicted molar refractivity (Wildman–Crippen MR) is 95.3 cm³/mol. The van der Waals surface area contributed by atoms with Crippen molar-refractivity contribution < 1.29 is 13.6 Å². The molecule has 2 aromatic carbocycles. The normalized spacial score (nSPS) is 10.8. The van der Waals surface area contributed by atoms with Crippen molar-refractivity contribution in [3.63, 3.8) is 0 Å². The Balaban J connectivity index is 1.65. The van der Waals surface area contributed by atoms with E-state index >= 15 is 0 Å². The topological polar surface area (TPSA) is 58.5 Å². The average Bonchev–Trinajstić information content (AvgIpc) is 3.07. The van der Waals surface area contributed by atoms with Crippen LogP contribution in [0.25, 0.3) is 11.3 Å². The molecule has 0 aliphatic carbocycles. The molecule has 0 atom stereocenters. The second kappa shape index (κ2) is 7.77. The molecule has 124 valence electrons. The summed E-state index contributed by atoms with van der Waals surface area (Å²) in [4.78, 5) is 5.22. The molecular formula is C19H12BrFN2O2. The first-order chi connectivity index (χ1) is 12.2. The number of nitriles is 1. The average molecular weight is 399 g/mol. The minimum absolute atomic E-state index is 0.192. The van der Waals surface area contributed by atoms with E-state index < -0.39 is 0 Å². The summed E-state index contributed by atoms with van der Waals surface area (Å²) in [7, 11) is 0. The van der Waals surface area contributed by atoms with Gasteiger partial charge in [-0.3, -0.25) is 0 Å². The molecule has 0 aliphatic heterocycles. The van der Waals surface area contributed by atoms with Crippen molar-refractivity contribution in [3.8, 4) is 17.4 Å². The van der Waals surface area contributed by atoms with Gasteiger partial charge in [-0.25, -0.2) is 4.39 Å². The SMILES string of the molecule is N#Cc1ccccc1CO/N=C\c1ccc(-c2ccc(F)cc2Br)o1. The van der Waals surface area contributed by atoms with Crippen molar-refractivity contribution in [3.05, 3.63) is 81.8 Å². The predicted octanol–water partition coefficient (Wildman–Crippen LogP) is 5.27. The Bertz CT molecular complexity index is 960. The van der Waals surface area contributed by atoms with E-state index in [4.69, 9.17) is 14.5 Å². The zero-order valence-electron chi connectivity index (χ0n) is 12.9. The summed E-state index contributed by atoms with van der Waals surface area (Å²) in [6.45, 7) is 0.192. The molecule has 0 spiro atoms. The molecule has 0 aliphatic rings. The van der Waals surface area contributed by atoms with Gasteiger partial charge in [0.05, 0.1) is 11.6 Å². The van der Waals surface area contributed by atoms with E-state index in [0.717, 1.165) is 11.1 Å². The molecule has 3 rings (SSSR count). The smallest absolute Gasteiger partial charge is 0.149 e. The van der Waals surface area contributed by atoms with Gasteiger partial charge in [-0.05, 0) is 52.3 Å². The number of nitrogens with zero attached hydrogens (tertiary/aromatic N) is 2. The maximum absolute atomic E-state index is 13.1. The van der Waals surface area contributed by atoms with Crippen LogP contribution in [0.15, 0.2) is 68.6 Å². The van der Waals surface area contributed by atoms with Gasteiger partial charge in [0, 0.05) is 15.6 Å². The quantitative estimate of drug-likeness (QED) is 0.434. The van der Waals surface area contributed by atoms with Crippen LogP contribution in [0.1, 0.15) is 16.9 Å². The maximum atomic E-state index is 13.1. The molecule has 3 aromatic rings. The summed E-state index contributed by atoms with van der Waals surface area (Å²) in [5.74, 6) is 0.762. The van der Waals surface area contributed by atoms with Crippen LogP contribution in [0.2, 0.25) is 0 Å². The molecule has 0 saturated heterocycles. The minimum Gasteiger partial charge on any atom is -0.455 e. The molecule has 25 heavy (non-hydrogen) atoms. The number of furan rings is 1. The van der Waals surface area contributed by atoms with Crippen LogP contribution in [0, 0.1) is 17.1 Å². The van der Waals surface area contributed by atoms with Crippen molar-refractivity contribution >= 4 is 22.1 Å². The largest absolute Gasteiger partial charge is 0.455 e. The van der Waals surface area contributed by atoms with Crippen LogP contribution >= 0.6 is 15.9 Å². The van der Waals surface area contributed by atoms with Crippen LogP contribution in [0.4, 0.5) is 4.39 Å². The Morgan fingerprint density at radius 2 is 2.04 bits per heavy atom. The van der Waals surface area contributed by atoms with Crippen LogP contribution < -0.4 is 0 Å². The second-order valence-corrected chi connectivity index (χ2v) is 5.96. The number of hydrogen-bond acceptors (Lipinski definition) is 4. The first kappa shape index (κ1) is 16.9. The third-order valence-corrected chi connectivity index (χ3v) is 4.09. The summed E-state index contributed by atoms with van der Waals surface area (Å²) >= 11 is 3.31. The van der Waals surface area contributed by atoms with E-state index in [2.05, 4.69) is 27.2 Å². The molecule has 4 nitrogen and oxygen atoms in total. The Hall–Kier alpha value is -2.91. The van der Waals surface area contributed by atoms with E-state index in [1.165, 1.54) is 18.3 Å². The third-order valence-electron chi connectivity index (χ3n) is 3.44. The van der Waals surface area contributed by atoms with E-state index in [0.29, 0.717) is 21.6 Å². The van der Waals surface area contributed by atoms with Crippen LogP contribution in [-0.4, -0.2) is 6.21 Å². The fourth-order valence-electron chi connectivity index (χ4n) is 2.21. The van der Waals surface area contributed by atoms with Crippen molar-refractivity contribution in [1.82, 2.24) is 0 Å². The van der Waals surface area contributed by atoms with Crippen molar-refractivity contribution in [2.75, 3.05) is 0 Å². The van der Waals surface area contributed by atoms with Crippen molar-refractivity contribution in [2.45, 2.75) is 6.61 Å². The number of oxime groups is 1. The summed E-state index contributed by atoms with van der Waals surface area (Å²) in [6, 6.07) is 17.2. The fraction of sp³-hybridized carbons (Fsp3) is 0.0526. The lowest BCUT2D eigenvalue weighted by atomic mass is 10.1. The van der Waals surface area contributed by atoms with Gasteiger partial charge in [-0.15, -0.1) is 0 Å². The van der Waals surface area contributed by atoms with Gasteiger partial charge < -0.3 is 9.25 Å². The van der Waals surface area contributed by atoms with Crippen LogP contribution in [0.3, 0.4) is 0 Å². The number of hydrogen-bond donors (Lipinski definition) is 0. The van der Waals surface area contributed by atoms with Gasteiger partial charge in [0.15, 0.2) is 0 Å². The van der Waals surface area contributed by atoms with E-state index in [9.17, 15) is 4.39 Å². The number of halogens is 2. The van der Waals surface area contributed by atoms with Crippen LogP contribution in [-0.2, 0) is 11.4 Å². The van der Waals surface area contributed by atoms with E-state index in [1.54, 1.807) is 30.3 Å². The summed E-state index contributed by atoms with van der Waals surface area (Å²) in [6.07, 6.45) is 1.44. The number of rotatable bonds is 5. The van der Waals surface area contributed by atoms with Crippen LogP contribution in [0.5, 0.6) is 0 Å². The Labute approximate surface area is 152 Å². The van der Waals surface area contributed by atoms with Gasteiger partial charge in [0.25, 0.3) is 0 Å². The highest BCUT2D eigenvalue weighted by atomic mass is 79.9. The van der Waals surface area contributed by atoms with Gasteiger partial charge in [-0.1, -0.05) is 23.4 Å². The molecule has 1 heterocycles. The zero-order valence-corrected chi connectivity index (χ0v) is 14.5. The van der Waals surface area contributed by atoms with Gasteiger partial charge in [0.2, 0.25) is 0 Å². The minimum atomic E-state index is -0.324. The third kappa shape index (κ3) is 4.14. The Morgan fingerprint density at radius 1 is 1.20 bits per heavy atom. The van der Waals surface area contributed by atoms with Gasteiger partial charge in [0.1, 0.15) is 30.2 Å². The Morgan fingerprint density at radius 3 is 2.84 bits per heavy atom. The lowest BCUT2D eigenvalue weighted by Gasteiger charge is -2.01. The maximum Gasteiger partial charge on any atom is 0.149 e. The molecule has 0 N–H and O–H groups in total. The monoisotopic (exact) mass is 398 g/mol. The lowest BCUT2D eigenvalue weighted by molar-refractivity contribution is 0.131. The van der Waals surface area contributed by atoms with E-state index in [-0.39, 0.29) is 12.4 Å². The molecule has 6 heteroatoms. The molecule has 0 fully saturated rings. The lowest BCUT2D eigenvalue weighted by Crippen LogP contribution is -1.91. The summed E-state index contributed by atoms with van der Waals surface area (Å²) in [5.41, 5.74) is 2.06. The van der Waals surface area contributed by atoms with Crippen molar-refractivity contribution in [2.24, 2.45) is 5.16 Å². The molecular weight excluding hydrogens is 387 g/mol. The highest BCUT2D eigenvalue weighted by molar-refractivity contribution is 9.10. The summed E-state index contributed by atoms with van der Waals surface area (Å²) in [5, 5.41) is 12.9. The highest BCUT2D eigenvalue weighted by Gasteiger charge is 2.08. The zero-order chi connectivity index (χ0) is 17.6. The molecule has 0 saturated carbocycles. The molecule has 0 radical (unpaired) electrons. The van der Waals surface area contributed by atoms with E-state index in [1.807, 2.05) is 12.1 Å². The second-order valence-electron chi connectivity index (χ2n) is 5.10. The highest BCUT2D eigenvalue weighted by Crippen LogP contribution is 2.30. The molecule has 0 unspecified atom stereocenters. The number of benzene rings is 2. The molecule has 0 amide bonds.